The molecule has 0 aliphatic heterocycles. The van der Waals surface area contributed by atoms with Crippen LogP contribution in [0, 0.1) is 0 Å². The summed E-state index contributed by atoms with van der Waals surface area (Å²) in [5.41, 5.74) is 2.32. The average Bonchev–Trinajstić information content (AvgIpc) is 3.03. The Kier molecular flexibility index (Phi) is 4.57. The number of benzene rings is 2. The summed E-state index contributed by atoms with van der Waals surface area (Å²) >= 11 is 0. The van der Waals surface area contributed by atoms with Crippen molar-refractivity contribution in [1.29, 1.82) is 0 Å². The minimum absolute atomic E-state index is 0.694. The summed E-state index contributed by atoms with van der Waals surface area (Å²) in [6.45, 7) is 0.694. The molecular weight excluding hydrogens is 290 g/mol. The molecule has 0 unspecified atom stereocenters. The molecule has 0 N–H and O–H groups in total. The lowest BCUT2D eigenvalue weighted by atomic mass is 10.1. The Morgan fingerprint density at radius 3 is 1.96 bits per heavy atom. The van der Waals surface area contributed by atoms with Crippen LogP contribution in [0.4, 0.5) is 0 Å². The van der Waals surface area contributed by atoms with Gasteiger partial charge in [0.05, 0.1) is 20.8 Å². The highest BCUT2D eigenvalue weighted by Gasteiger charge is 2.04. The second kappa shape index (κ2) is 6.96. The number of methoxy groups -OCH3 is 2. The van der Waals surface area contributed by atoms with Crippen LogP contribution in [-0.4, -0.2) is 29.0 Å². The van der Waals surface area contributed by atoms with Gasteiger partial charge in [-0.05, 0) is 35.4 Å². The number of rotatable bonds is 6. The molecule has 23 heavy (non-hydrogen) atoms. The Labute approximate surface area is 135 Å². The maximum atomic E-state index is 5.16. The third-order valence-corrected chi connectivity index (χ3v) is 3.61. The third kappa shape index (κ3) is 3.88. The Bertz CT molecular complexity index is 685. The first-order chi connectivity index (χ1) is 11.3. The Balaban J connectivity index is 1.64. The van der Waals surface area contributed by atoms with Crippen molar-refractivity contribution in [2.75, 3.05) is 14.2 Å². The van der Waals surface area contributed by atoms with Crippen LogP contribution in [0.25, 0.3) is 0 Å². The predicted molar refractivity (Wildman–Crippen MR) is 87.9 cm³/mol. The quantitative estimate of drug-likeness (QED) is 0.702. The SMILES string of the molecule is COc1ccc(Cc2ncn(Cc3ccc(OC)cc3)n2)cc1. The first kappa shape index (κ1) is 15.1. The lowest BCUT2D eigenvalue weighted by Crippen LogP contribution is -2.01. The van der Waals surface area contributed by atoms with E-state index in [2.05, 4.69) is 10.1 Å². The van der Waals surface area contributed by atoms with Crippen molar-refractivity contribution >= 4 is 0 Å². The van der Waals surface area contributed by atoms with Gasteiger partial charge in [-0.2, -0.15) is 5.10 Å². The molecule has 0 saturated carbocycles. The van der Waals surface area contributed by atoms with Crippen molar-refractivity contribution < 1.29 is 9.47 Å². The van der Waals surface area contributed by atoms with Crippen LogP contribution >= 0.6 is 0 Å². The number of nitrogens with zero attached hydrogens (tertiary/aromatic N) is 3. The first-order valence-electron chi connectivity index (χ1n) is 7.41. The predicted octanol–water partition coefficient (Wildman–Crippen LogP) is 2.93. The molecule has 5 nitrogen and oxygen atoms in total. The van der Waals surface area contributed by atoms with Gasteiger partial charge < -0.3 is 9.47 Å². The van der Waals surface area contributed by atoms with Gasteiger partial charge in [-0.1, -0.05) is 24.3 Å². The van der Waals surface area contributed by atoms with Gasteiger partial charge in [0, 0.05) is 6.42 Å². The Morgan fingerprint density at radius 1 is 0.826 bits per heavy atom. The van der Waals surface area contributed by atoms with Gasteiger partial charge in [-0.3, -0.25) is 0 Å². The molecule has 0 aliphatic rings. The van der Waals surface area contributed by atoms with Gasteiger partial charge in [0.15, 0.2) is 5.82 Å². The topological polar surface area (TPSA) is 49.2 Å². The fraction of sp³-hybridized carbons (Fsp3) is 0.222. The number of aromatic nitrogens is 3. The average molecular weight is 309 g/mol. The van der Waals surface area contributed by atoms with E-state index in [4.69, 9.17) is 9.47 Å². The van der Waals surface area contributed by atoms with Crippen molar-refractivity contribution in [3.05, 3.63) is 71.8 Å². The molecule has 0 spiro atoms. The summed E-state index contributed by atoms with van der Waals surface area (Å²) in [5.74, 6) is 2.52. The molecule has 3 aromatic rings. The Morgan fingerprint density at radius 2 is 1.39 bits per heavy atom. The van der Waals surface area contributed by atoms with Gasteiger partial charge in [0.25, 0.3) is 0 Å². The molecule has 0 atom stereocenters. The standard InChI is InChI=1S/C18H19N3O2/c1-22-16-7-3-14(4-8-16)11-18-19-13-21(20-18)12-15-5-9-17(23-2)10-6-15/h3-10,13H,11-12H2,1-2H3. The van der Waals surface area contributed by atoms with E-state index in [-0.39, 0.29) is 0 Å². The van der Waals surface area contributed by atoms with E-state index < -0.39 is 0 Å². The highest BCUT2D eigenvalue weighted by atomic mass is 16.5. The second-order valence-corrected chi connectivity index (χ2v) is 5.23. The number of ether oxygens (including phenoxy) is 2. The highest BCUT2D eigenvalue weighted by molar-refractivity contribution is 5.29. The van der Waals surface area contributed by atoms with Crippen molar-refractivity contribution in [2.24, 2.45) is 0 Å². The zero-order chi connectivity index (χ0) is 16.1. The largest absolute Gasteiger partial charge is 0.497 e. The highest BCUT2D eigenvalue weighted by Crippen LogP contribution is 2.14. The molecule has 0 radical (unpaired) electrons. The van der Waals surface area contributed by atoms with Gasteiger partial charge in [0.1, 0.15) is 17.8 Å². The van der Waals surface area contributed by atoms with Gasteiger partial charge >= 0.3 is 0 Å². The molecule has 0 fully saturated rings. The maximum Gasteiger partial charge on any atom is 0.154 e. The molecule has 3 rings (SSSR count). The molecule has 0 saturated heterocycles. The summed E-state index contributed by atoms with van der Waals surface area (Å²) in [6, 6.07) is 15.9. The van der Waals surface area contributed by atoms with Gasteiger partial charge in [0.2, 0.25) is 0 Å². The number of hydrogen-bond acceptors (Lipinski definition) is 4. The van der Waals surface area contributed by atoms with Gasteiger partial charge in [-0.15, -0.1) is 0 Å². The molecule has 118 valence electrons. The molecule has 2 aromatic carbocycles. The molecule has 1 heterocycles. The normalized spacial score (nSPS) is 10.5. The van der Waals surface area contributed by atoms with E-state index in [0.717, 1.165) is 28.5 Å². The lowest BCUT2D eigenvalue weighted by molar-refractivity contribution is 0.414. The van der Waals surface area contributed by atoms with Crippen LogP contribution < -0.4 is 9.47 Å². The van der Waals surface area contributed by atoms with Crippen molar-refractivity contribution in [3.63, 3.8) is 0 Å². The summed E-state index contributed by atoms with van der Waals surface area (Å²) < 4.78 is 12.2. The van der Waals surface area contributed by atoms with Crippen LogP contribution in [0.15, 0.2) is 54.9 Å². The van der Waals surface area contributed by atoms with Crippen LogP contribution in [0.1, 0.15) is 17.0 Å². The Hall–Kier alpha value is -2.82. The summed E-state index contributed by atoms with van der Waals surface area (Å²) in [7, 11) is 3.33. The fourth-order valence-corrected chi connectivity index (χ4v) is 2.33. The van der Waals surface area contributed by atoms with Crippen LogP contribution in [0.2, 0.25) is 0 Å². The van der Waals surface area contributed by atoms with Crippen LogP contribution in [0.5, 0.6) is 11.5 Å². The number of hydrogen-bond donors (Lipinski definition) is 0. The zero-order valence-corrected chi connectivity index (χ0v) is 13.3. The van der Waals surface area contributed by atoms with E-state index in [1.54, 1.807) is 20.5 Å². The summed E-state index contributed by atoms with van der Waals surface area (Å²) in [6.07, 6.45) is 2.47. The lowest BCUT2D eigenvalue weighted by Gasteiger charge is -2.03. The van der Waals surface area contributed by atoms with Crippen LogP contribution in [0.3, 0.4) is 0 Å². The molecule has 0 amide bonds. The molecule has 0 aliphatic carbocycles. The molecule has 1 aromatic heterocycles. The van der Waals surface area contributed by atoms with Gasteiger partial charge in [-0.25, -0.2) is 9.67 Å². The van der Waals surface area contributed by atoms with E-state index in [1.807, 2.05) is 53.2 Å². The first-order valence-corrected chi connectivity index (χ1v) is 7.41. The van der Waals surface area contributed by atoms with E-state index in [1.165, 1.54) is 0 Å². The molecule has 0 bridgehead atoms. The minimum atomic E-state index is 0.694. The monoisotopic (exact) mass is 309 g/mol. The van der Waals surface area contributed by atoms with E-state index >= 15 is 0 Å². The smallest absolute Gasteiger partial charge is 0.154 e. The van der Waals surface area contributed by atoms with Crippen LogP contribution in [-0.2, 0) is 13.0 Å². The minimum Gasteiger partial charge on any atom is -0.497 e. The van der Waals surface area contributed by atoms with E-state index in [0.29, 0.717) is 13.0 Å². The van der Waals surface area contributed by atoms with Crippen molar-refractivity contribution in [1.82, 2.24) is 14.8 Å². The maximum absolute atomic E-state index is 5.16. The zero-order valence-electron chi connectivity index (χ0n) is 13.3. The van der Waals surface area contributed by atoms with E-state index in [9.17, 15) is 0 Å². The summed E-state index contributed by atoms with van der Waals surface area (Å²) in [4.78, 5) is 4.38. The fourth-order valence-electron chi connectivity index (χ4n) is 2.33. The third-order valence-electron chi connectivity index (χ3n) is 3.61. The van der Waals surface area contributed by atoms with Crippen molar-refractivity contribution in [2.45, 2.75) is 13.0 Å². The molecular formula is C18H19N3O2. The van der Waals surface area contributed by atoms with Crippen molar-refractivity contribution in [3.8, 4) is 11.5 Å². The summed E-state index contributed by atoms with van der Waals surface area (Å²) in [5, 5.41) is 4.53. The molecule has 5 heteroatoms. The second-order valence-electron chi connectivity index (χ2n) is 5.23.